The Hall–Kier alpha value is -2.19. The Balaban J connectivity index is 2.20. The summed E-state index contributed by atoms with van der Waals surface area (Å²) in [5.41, 5.74) is 3.28. The third-order valence-corrected chi connectivity index (χ3v) is 3.64. The number of hydrogen-bond donors (Lipinski definition) is 0. The zero-order chi connectivity index (χ0) is 13.9. The number of methoxy groups -OCH3 is 1. The number of aryl methyl sites for hydroxylation is 1. The van der Waals surface area contributed by atoms with Crippen molar-refractivity contribution in [1.82, 2.24) is 4.98 Å². The van der Waals surface area contributed by atoms with Crippen molar-refractivity contribution in [2.75, 3.05) is 7.11 Å². The van der Waals surface area contributed by atoms with E-state index in [1.54, 1.807) is 7.11 Å². The zero-order valence-corrected chi connectivity index (χ0v) is 11.7. The minimum Gasteiger partial charge on any atom is -0.370 e. The first-order chi connectivity index (χ1) is 9.81. The second-order valence-electron chi connectivity index (χ2n) is 4.89. The standard InChI is InChI=1S/C18H17NO/c1-13-7-6-12-19-17(13)18(20-2)16-11-5-9-14-8-3-4-10-15(14)16/h3-12,18H,1-2H3. The van der Waals surface area contributed by atoms with Gasteiger partial charge in [-0.15, -0.1) is 0 Å². The first kappa shape index (κ1) is 12.8. The summed E-state index contributed by atoms with van der Waals surface area (Å²) in [7, 11) is 1.74. The van der Waals surface area contributed by atoms with Crippen molar-refractivity contribution < 1.29 is 4.74 Å². The molecule has 0 fully saturated rings. The molecule has 0 aliphatic carbocycles. The van der Waals surface area contributed by atoms with E-state index in [1.807, 2.05) is 12.3 Å². The predicted octanol–water partition coefficient (Wildman–Crippen LogP) is 4.28. The van der Waals surface area contributed by atoms with Gasteiger partial charge in [0, 0.05) is 13.3 Å². The molecule has 0 spiro atoms. The van der Waals surface area contributed by atoms with Gasteiger partial charge in [-0.3, -0.25) is 4.98 Å². The second-order valence-corrected chi connectivity index (χ2v) is 4.89. The zero-order valence-electron chi connectivity index (χ0n) is 11.7. The van der Waals surface area contributed by atoms with E-state index in [2.05, 4.69) is 60.4 Å². The van der Waals surface area contributed by atoms with Gasteiger partial charge in [0.05, 0.1) is 5.69 Å². The molecule has 3 aromatic rings. The lowest BCUT2D eigenvalue weighted by Gasteiger charge is -2.19. The van der Waals surface area contributed by atoms with Crippen LogP contribution in [0.3, 0.4) is 0 Å². The molecule has 1 unspecified atom stereocenters. The van der Waals surface area contributed by atoms with E-state index in [1.165, 1.54) is 10.8 Å². The molecule has 0 amide bonds. The smallest absolute Gasteiger partial charge is 0.125 e. The van der Waals surface area contributed by atoms with Crippen molar-refractivity contribution in [2.24, 2.45) is 0 Å². The van der Waals surface area contributed by atoms with E-state index >= 15 is 0 Å². The second kappa shape index (κ2) is 5.43. The van der Waals surface area contributed by atoms with Crippen molar-refractivity contribution in [1.29, 1.82) is 0 Å². The van der Waals surface area contributed by atoms with E-state index in [-0.39, 0.29) is 6.10 Å². The van der Waals surface area contributed by atoms with Crippen LogP contribution in [0.5, 0.6) is 0 Å². The molecule has 0 aliphatic heterocycles. The van der Waals surface area contributed by atoms with Gasteiger partial charge in [-0.2, -0.15) is 0 Å². The van der Waals surface area contributed by atoms with E-state index in [0.717, 1.165) is 16.8 Å². The van der Waals surface area contributed by atoms with Crippen LogP contribution in [-0.2, 0) is 4.74 Å². The van der Waals surface area contributed by atoms with Crippen molar-refractivity contribution >= 4 is 10.8 Å². The maximum Gasteiger partial charge on any atom is 0.125 e. The van der Waals surface area contributed by atoms with Gasteiger partial charge in [-0.1, -0.05) is 48.5 Å². The lowest BCUT2D eigenvalue weighted by molar-refractivity contribution is 0.133. The minimum atomic E-state index is -0.137. The quantitative estimate of drug-likeness (QED) is 0.703. The van der Waals surface area contributed by atoms with Gasteiger partial charge >= 0.3 is 0 Å². The van der Waals surface area contributed by atoms with Gasteiger partial charge in [0.1, 0.15) is 6.10 Å². The molecule has 1 aromatic heterocycles. The molecule has 0 radical (unpaired) electrons. The molecule has 2 heteroatoms. The Morgan fingerprint density at radius 1 is 0.950 bits per heavy atom. The number of ether oxygens (including phenoxy) is 1. The van der Waals surface area contributed by atoms with Crippen molar-refractivity contribution in [3.63, 3.8) is 0 Å². The van der Waals surface area contributed by atoms with Crippen LogP contribution in [-0.4, -0.2) is 12.1 Å². The van der Waals surface area contributed by atoms with Gasteiger partial charge < -0.3 is 4.74 Å². The highest BCUT2D eigenvalue weighted by atomic mass is 16.5. The van der Waals surface area contributed by atoms with Crippen LogP contribution >= 0.6 is 0 Å². The Bertz CT molecular complexity index is 731. The molecular formula is C18H17NO. The molecule has 20 heavy (non-hydrogen) atoms. The van der Waals surface area contributed by atoms with Gasteiger partial charge in [0.15, 0.2) is 0 Å². The first-order valence-corrected chi connectivity index (χ1v) is 6.73. The molecule has 1 heterocycles. The monoisotopic (exact) mass is 263 g/mol. The third-order valence-electron chi connectivity index (χ3n) is 3.64. The molecule has 0 saturated heterocycles. The Kier molecular flexibility index (Phi) is 3.48. The molecule has 0 N–H and O–H groups in total. The van der Waals surface area contributed by atoms with E-state index < -0.39 is 0 Å². The van der Waals surface area contributed by atoms with Crippen molar-refractivity contribution in [2.45, 2.75) is 13.0 Å². The van der Waals surface area contributed by atoms with E-state index in [0.29, 0.717) is 0 Å². The summed E-state index contributed by atoms with van der Waals surface area (Å²) >= 11 is 0. The summed E-state index contributed by atoms with van der Waals surface area (Å²) < 4.78 is 5.75. The summed E-state index contributed by atoms with van der Waals surface area (Å²) in [6.07, 6.45) is 1.68. The van der Waals surface area contributed by atoms with Crippen LogP contribution in [0.15, 0.2) is 60.8 Å². The average Bonchev–Trinajstić information content (AvgIpc) is 2.50. The summed E-state index contributed by atoms with van der Waals surface area (Å²) in [6.45, 7) is 2.07. The van der Waals surface area contributed by atoms with Crippen LogP contribution in [0, 0.1) is 6.92 Å². The summed E-state index contributed by atoms with van der Waals surface area (Å²) in [6, 6.07) is 18.7. The lowest BCUT2D eigenvalue weighted by Crippen LogP contribution is -2.08. The highest BCUT2D eigenvalue weighted by Gasteiger charge is 2.18. The van der Waals surface area contributed by atoms with Crippen LogP contribution in [0.1, 0.15) is 22.9 Å². The van der Waals surface area contributed by atoms with Crippen molar-refractivity contribution in [3.05, 3.63) is 77.6 Å². The summed E-state index contributed by atoms with van der Waals surface area (Å²) in [5.74, 6) is 0. The van der Waals surface area contributed by atoms with Crippen molar-refractivity contribution in [3.8, 4) is 0 Å². The summed E-state index contributed by atoms with van der Waals surface area (Å²) in [5, 5.41) is 2.44. The fraction of sp³-hybridized carbons (Fsp3) is 0.167. The Labute approximate surface area is 119 Å². The number of rotatable bonds is 3. The maximum absolute atomic E-state index is 5.75. The largest absolute Gasteiger partial charge is 0.370 e. The molecule has 100 valence electrons. The highest BCUT2D eigenvalue weighted by molar-refractivity contribution is 5.86. The first-order valence-electron chi connectivity index (χ1n) is 6.73. The molecule has 1 atom stereocenters. The highest BCUT2D eigenvalue weighted by Crippen LogP contribution is 2.31. The van der Waals surface area contributed by atoms with Gasteiger partial charge in [-0.25, -0.2) is 0 Å². The number of nitrogens with zero attached hydrogens (tertiary/aromatic N) is 1. The fourth-order valence-corrected chi connectivity index (χ4v) is 2.64. The van der Waals surface area contributed by atoms with Gasteiger partial charge in [0.2, 0.25) is 0 Å². The van der Waals surface area contributed by atoms with Crippen LogP contribution in [0.4, 0.5) is 0 Å². The minimum absolute atomic E-state index is 0.137. The molecule has 0 aliphatic rings. The van der Waals surface area contributed by atoms with Gasteiger partial charge in [-0.05, 0) is 34.9 Å². The van der Waals surface area contributed by atoms with Gasteiger partial charge in [0.25, 0.3) is 0 Å². The molecule has 3 rings (SSSR count). The number of benzene rings is 2. The fourth-order valence-electron chi connectivity index (χ4n) is 2.64. The third kappa shape index (κ3) is 2.19. The normalized spacial score (nSPS) is 12.5. The number of hydrogen-bond acceptors (Lipinski definition) is 2. The van der Waals surface area contributed by atoms with E-state index in [4.69, 9.17) is 4.74 Å². The molecule has 2 nitrogen and oxygen atoms in total. The van der Waals surface area contributed by atoms with Crippen LogP contribution in [0.2, 0.25) is 0 Å². The Morgan fingerprint density at radius 2 is 1.75 bits per heavy atom. The van der Waals surface area contributed by atoms with Crippen LogP contribution in [0.25, 0.3) is 10.8 Å². The number of pyridine rings is 1. The number of aromatic nitrogens is 1. The summed E-state index contributed by atoms with van der Waals surface area (Å²) in [4.78, 5) is 4.51. The molecule has 2 aromatic carbocycles. The molecule has 0 bridgehead atoms. The number of fused-ring (bicyclic) bond motifs is 1. The Morgan fingerprint density at radius 3 is 2.55 bits per heavy atom. The van der Waals surface area contributed by atoms with E-state index in [9.17, 15) is 0 Å². The SMILES string of the molecule is COC(c1ncccc1C)c1cccc2ccccc12. The van der Waals surface area contributed by atoms with Crippen LogP contribution < -0.4 is 0 Å². The molecular weight excluding hydrogens is 246 g/mol. The predicted molar refractivity (Wildman–Crippen MR) is 81.8 cm³/mol. The topological polar surface area (TPSA) is 22.1 Å². The maximum atomic E-state index is 5.75. The lowest BCUT2D eigenvalue weighted by atomic mass is 9.96. The molecule has 0 saturated carbocycles. The average molecular weight is 263 g/mol.